The topological polar surface area (TPSA) is 61.8 Å². The fourth-order valence-corrected chi connectivity index (χ4v) is 4.15. The summed E-state index contributed by atoms with van der Waals surface area (Å²) in [4.78, 5) is 10.5. The quantitative estimate of drug-likeness (QED) is 0.356. The van der Waals surface area contributed by atoms with Crippen LogP contribution in [0.5, 0.6) is 0 Å². The van der Waals surface area contributed by atoms with Crippen LogP contribution >= 0.6 is 24.0 Å². The molecule has 0 amide bonds. The lowest BCUT2D eigenvalue weighted by atomic mass is 9.95. The first-order valence-corrected chi connectivity index (χ1v) is 10.2. The Bertz CT molecular complexity index is 837. The molecule has 1 aromatic heterocycles. The van der Waals surface area contributed by atoms with Gasteiger partial charge in [0.05, 0.1) is 6.10 Å². The number of guanidine groups is 1. The van der Waals surface area contributed by atoms with Crippen LogP contribution in [0.2, 0.25) is 0 Å². The molecular weight excluding hydrogens is 496 g/mol. The minimum atomic E-state index is -0.274. The number of halogens is 2. The largest absolute Gasteiger partial charge is 0.373 e. The number of aliphatic imine (C=N–C) groups is 1. The highest BCUT2D eigenvalue weighted by Crippen LogP contribution is 2.33. The Morgan fingerprint density at radius 2 is 2.07 bits per heavy atom. The maximum absolute atomic E-state index is 14.0. The first-order chi connectivity index (χ1) is 14.2. The van der Waals surface area contributed by atoms with Crippen LogP contribution in [0.15, 0.2) is 53.7 Å². The van der Waals surface area contributed by atoms with Crippen molar-refractivity contribution >= 4 is 35.8 Å². The summed E-state index contributed by atoms with van der Waals surface area (Å²) >= 11 is 0. The number of pyridine rings is 1. The minimum Gasteiger partial charge on any atom is -0.373 e. The van der Waals surface area contributed by atoms with E-state index in [2.05, 4.69) is 44.9 Å². The molecule has 4 rings (SSSR count). The summed E-state index contributed by atoms with van der Waals surface area (Å²) in [7, 11) is 1.78. The summed E-state index contributed by atoms with van der Waals surface area (Å²) in [5.74, 6) is 1.33. The number of aromatic nitrogens is 1. The van der Waals surface area contributed by atoms with Crippen molar-refractivity contribution in [2.45, 2.75) is 25.0 Å². The van der Waals surface area contributed by atoms with Gasteiger partial charge in [-0.1, -0.05) is 30.3 Å². The molecule has 30 heavy (non-hydrogen) atoms. The molecule has 0 radical (unpaired) electrons. The van der Waals surface area contributed by atoms with Crippen molar-refractivity contribution in [3.63, 3.8) is 0 Å². The van der Waals surface area contributed by atoms with Gasteiger partial charge in [0.15, 0.2) is 17.6 Å². The third-order valence-electron chi connectivity index (χ3n) is 5.67. The van der Waals surface area contributed by atoms with Crippen molar-refractivity contribution in [2.75, 3.05) is 38.2 Å². The smallest absolute Gasteiger partial charge is 0.191 e. The molecule has 2 N–H and O–H groups in total. The van der Waals surface area contributed by atoms with Crippen molar-refractivity contribution in [2.24, 2.45) is 10.9 Å². The Morgan fingerprint density at radius 3 is 2.83 bits per heavy atom. The number of ether oxygens (including phenoxy) is 1. The molecule has 3 atom stereocenters. The second-order valence-corrected chi connectivity index (χ2v) is 7.59. The Morgan fingerprint density at radius 1 is 1.23 bits per heavy atom. The van der Waals surface area contributed by atoms with Gasteiger partial charge in [0, 0.05) is 51.4 Å². The minimum absolute atomic E-state index is 0. The van der Waals surface area contributed by atoms with Gasteiger partial charge in [0.25, 0.3) is 0 Å². The number of rotatable bonds is 5. The molecule has 8 heteroatoms. The Hall–Kier alpha value is -1.94. The first kappa shape index (κ1) is 22.7. The molecule has 2 aromatic rings. The summed E-state index contributed by atoms with van der Waals surface area (Å²) < 4.78 is 20.0. The normalized spacial score (nSPS) is 23.9. The van der Waals surface area contributed by atoms with E-state index >= 15 is 0 Å². The third-order valence-corrected chi connectivity index (χ3v) is 5.67. The molecule has 2 saturated heterocycles. The van der Waals surface area contributed by atoms with E-state index in [-0.39, 0.29) is 41.9 Å². The molecule has 3 heterocycles. The molecule has 0 saturated carbocycles. The fourth-order valence-electron chi connectivity index (χ4n) is 4.15. The monoisotopic (exact) mass is 525 g/mol. The van der Waals surface area contributed by atoms with Crippen LogP contribution in [-0.4, -0.2) is 50.3 Å². The van der Waals surface area contributed by atoms with Gasteiger partial charge in [-0.25, -0.2) is 9.37 Å². The van der Waals surface area contributed by atoms with Crippen molar-refractivity contribution < 1.29 is 9.13 Å². The SMILES string of the molecule is CN=C(NCC1CCOC1c1ccccc1)NC1CCN(c2ncccc2F)C1.I. The van der Waals surface area contributed by atoms with Gasteiger partial charge in [-0.05, 0) is 30.5 Å². The average molecular weight is 525 g/mol. The zero-order chi connectivity index (χ0) is 20.1. The summed E-state index contributed by atoms with van der Waals surface area (Å²) in [5, 5.41) is 6.92. The van der Waals surface area contributed by atoms with Crippen LogP contribution in [0.4, 0.5) is 10.2 Å². The molecule has 2 aliphatic heterocycles. The lowest BCUT2D eigenvalue weighted by Gasteiger charge is -2.23. The van der Waals surface area contributed by atoms with Crippen molar-refractivity contribution in [3.8, 4) is 0 Å². The van der Waals surface area contributed by atoms with E-state index in [1.807, 2.05) is 11.0 Å². The average Bonchev–Trinajstić information content (AvgIpc) is 3.41. The highest BCUT2D eigenvalue weighted by atomic mass is 127. The van der Waals surface area contributed by atoms with Gasteiger partial charge in [0.2, 0.25) is 0 Å². The molecule has 0 bridgehead atoms. The Labute approximate surface area is 194 Å². The number of benzene rings is 1. The highest BCUT2D eigenvalue weighted by Gasteiger charge is 2.30. The zero-order valence-electron chi connectivity index (χ0n) is 17.1. The fraction of sp³-hybridized carbons (Fsp3) is 0.455. The molecule has 6 nitrogen and oxygen atoms in total. The van der Waals surface area contributed by atoms with Gasteiger partial charge in [0.1, 0.15) is 0 Å². The van der Waals surface area contributed by atoms with Crippen molar-refractivity contribution in [1.82, 2.24) is 15.6 Å². The summed E-state index contributed by atoms with van der Waals surface area (Å²) in [6.07, 6.45) is 3.69. The Balaban J connectivity index is 0.00000256. The zero-order valence-corrected chi connectivity index (χ0v) is 19.5. The molecule has 162 valence electrons. The summed E-state index contributed by atoms with van der Waals surface area (Å²) in [5.41, 5.74) is 1.23. The van der Waals surface area contributed by atoms with Crippen LogP contribution in [-0.2, 0) is 4.74 Å². The van der Waals surface area contributed by atoms with Crippen molar-refractivity contribution in [1.29, 1.82) is 0 Å². The standard InChI is InChI=1S/C22H28FN5O.HI/c1-24-22(26-14-17-10-13-29-20(17)16-6-3-2-4-7-16)27-18-9-12-28(15-18)21-19(23)8-5-11-25-21;/h2-8,11,17-18,20H,9-10,12-15H2,1H3,(H2,24,26,27);1H. The van der Waals surface area contributed by atoms with E-state index in [0.29, 0.717) is 18.3 Å². The van der Waals surface area contributed by atoms with Crippen LogP contribution < -0.4 is 15.5 Å². The molecule has 1 aromatic carbocycles. The molecule has 2 fully saturated rings. The summed E-state index contributed by atoms with van der Waals surface area (Å²) in [6.45, 7) is 3.05. The maximum atomic E-state index is 14.0. The lowest BCUT2D eigenvalue weighted by molar-refractivity contribution is 0.0915. The van der Waals surface area contributed by atoms with Crippen LogP contribution in [0, 0.1) is 11.7 Å². The maximum Gasteiger partial charge on any atom is 0.191 e. The van der Waals surface area contributed by atoms with Crippen molar-refractivity contribution in [3.05, 3.63) is 60.0 Å². The second kappa shape index (κ2) is 10.9. The van der Waals surface area contributed by atoms with E-state index in [1.54, 1.807) is 19.3 Å². The predicted octanol–water partition coefficient (Wildman–Crippen LogP) is 3.36. The molecule has 0 aliphatic carbocycles. The Kier molecular flexibility index (Phi) is 8.26. The van der Waals surface area contributed by atoms with Crippen LogP contribution in [0.1, 0.15) is 24.5 Å². The van der Waals surface area contributed by atoms with Gasteiger partial charge in [-0.15, -0.1) is 24.0 Å². The predicted molar refractivity (Wildman–Crippen MR) is 128 cm³/mol. The van der Waals surface area contributed by atoms with E-state index in [9.17, 15) is 4.39 Å². The van der Waals surface area contributed by atoms with E-state index in [0.717, 1.165) is 38.5 Å². The first-order valence-electron chi connectivity index (χ1n) is 10.2. The van der Waals surface area contributed by atoms with Crippen LogP contribution in [0.25, 0.3) is 0 Å². The number of nitrogens with one attached hydrogen (secondary N) is 2. The van der Waals surface area contributed by atoms with Gasteiger partial charge >= 0.3 is 0 Å². The molecule has 3 unspecified atom stereocenters. The second-order valence-electron chi connectivity index (χ2n) is 7.59. The van der Waals surface area contributed by atoms with E-state index < -0.39 is 0 Å². The highest BCUT2D eigenvalue weighted by molar-refractivity contribution is 14.0. The van der Waals surface area contributed by atoms with Gasteiger partial charge in [-0.3, -0.25) is 4.99 Å². The van der Waals surface area contributed by atoms with E-state index in [1.165, 1.54) is 11.6 Å². The van der Waals surface area contributed by atoms with Gasteiger partial charge < -0.3 is 20.3 Å². The lowest BCUT2D eigenvalue weighted by Crippen LogP contribution is -2.46. The molecule has 2 aliphatic rings. The van der Waals surface area contributed by atoms with Gasteiger partial charge in [-0.2, -0.15) is 0 Å². The number of anilines is 1. The summed E-state index contributed by atoms with van der Waals surface area (Å²) in [6, 6.07) is 13.7. The van der Waals surface area contributed by atoms with Crippen LogP contribution in [0.3, 0.4) is 0 Å². The third kappa shape index (κ3) is 5.40. The molecule has 0 spiro atoms. The number of hydrogen-bond donors (Lipinski definition) is 2. The number of nitrogens with zero attached hydrogens (tertiary/aromatic N) is 3. The number of hydrogen-bond acceptors (Lipinski definition) is 4. The van der Waals surface area contributed by atoms with E-state index in [4.69, 9.17) is 4.74 Å². The molecular formula is C22H29FIN5O.